The lowest BCUT2D eigenvalue weighted by Crippen LogP contribution is -2.36. The maximum Gasteiger partial charge on any atom is 0.352 e. The molecule has 0 fully saturated rings. The minimum Gasteiger partial charge on any atom is -0.268 e. The van der Waals surface area contributed by atoms with E-state index in [-0.39, 0.29) is 11.4 Å². The van der Waals surface area contributed by atoms with Crippen molar-refractivity contribution in [3.8, 4) is 22.6 Å². The highest BCUT2D eigenvalue weighted by Gasteiger charge is 2.17. The van der Waals surface area contributed by atoms with E-state index < -0.39 is 5.69 Å². The van der Waals surface area contributed by atoms with E-state index in [9.17, 15) is 9.59 Å². The van der Waals surface area contributed by atoms with Gasteiger partial charge in [0.15, 0.2) is 5.82 Å². The molecule has 1 aromatic carbocycles. The normalized spacial score (nSPS) is 10.9. The van der Waals surface area contributed by atoms with Crippen molar-refractivity contribution in [2.45, 2.75) is 0 Å². The molecule has 0 aliphatic carbocycles. The highest BCUT2D eigenvalue weighted by molar-refractivity contribution is 5.66. The van der Waals surface area contributed by atoms with Gasteiger partial charge in [-0.2, -0.15) is 10.1 Å². The van der Waals surface area contributed by atoms with E-state index in [1.54, 1.807) is 13.1 Å². The molecule has 1 aromatic rings. The summed E-state index contributed by atoms with van der Waals surface area (Å²) in [5.74, 6) is 0.290. The summed E-state index contributed by atoms with van der Waals surface area (Å²) in [6.07, 6.45) is 0. The molecular formula is C14H12N4O2. The summed E-state index contributed by atoms with van der Waals surface area (Å²) in [5.41, 5.74) is 1.00. The molecule has 100 valence electrons. The molecule has 0 spiro atoms. The molecule has 0 unspecified atom stereocenters. The maximum atomic E-state index is 12.2. The second kappa shape index (κ2) is 4.41. The van der Waals surface area contributed by atoms with Crippen molar-refractivity contribution in [1.29, 1.82) is 0 Å². The van der Waals surface area contributed by atoms with Crippen molar-refractivity contribution in [3.63, 3.8) is 0 Å². The summed E-state index contributed by atoms with van der Waals surface area (Å²) in [5, 5.41) is 4.35. The van der Waals surface area contributed by atoms with E-state index in [1.807, 2.05) is 30.3 Å². The van der Waals surface area contributed by atoms with Gasteiger partial charge in [0.2, 0.25) is 0 Å². The zero-order valence-electron chi connectivity index (χ0n) is 11.1. The van der Waals surface area contributed by atoms with E-state index >= 15 is 0 Å². The lowest BCUT2D eigenvalue weighted by atomic mass is 10.1. The van der Waals surface area contributed by atoms with Crippen LogP contribution >= 0.6 is 0 Å². The van der Waals surface area contributed by atoms with Gasteiger partial charge in [-0.1, -0.05) is 30.3 Å². The summed E-state index contributed by atoms with van der Waals surface area (Å²) in [6, 6.07) is 11.2. The van der Waals surface area contributed by atoms with Crippen LogP contribution in [0.1, 0.15) is 0 Å². The van der Waals surface area contributed by atoms with Gasteiger partial charge in [-0.15, -0.1) is 0 Å². The number of benzene rings is 1. The van der Waals surface area contributed by atoms with Gasteiger partial charge in [0.05, 0.1) is 11.3 Å². The number of nitrogens with zero attached hydrogens (tertiary/aromatic N) is 4. The minimum absolute atomic E-state index is 0.290. The highest BCUT2D eigenvalue weighted by Crippen LogP contribution is 2.21. The maximum absolute atomic E-state index is 12.2. The molecule has 2 aliphatic rings. The first-order chi connectivity index (χ1) is 9.58. The topological polar surface area (TPSA) is 69.8 Å². The Morgan fingerprint density at radius 1 is 1.05 bits per heavy atom. The molecule has 0 N–H and O–H groups in total. The lowest BCUT2D eigenvalue weighted by molar-refractivity contribution is 0.696. The van der Waals surface area contributed by atoms with Gasteiger partial charge in [0.1, 0.15) is 0 Å². The average molecular weight is 268 g/mol. The van der Waals surface area contributed by atoms with Gasteiger partial charge in [-0.25, -0.2) is 9.48 Å². The van der Waals surface area contributed by atoms with E-state index in [4.69, 9.17) is 0 Å². The monoisotopic (exact) mass is 268 g/mol. The summed E-state index contributed by atoms with van der Waals surface area (Å²) >= 11 is 0. The summed E-state index contributed by atoms with van der Waals surface area (Å²) < 4.78 is 2.46. The average Bonchev–Trinajstić information content (AvgIpc) is 2.47. The number of aromatic nitrogens is 4. The van der Waals surface area contributed by atoms with Gasteiger partial charge < -0.3 is 0 Å². The first kappa shape index (κ1) is 12.3. The van der Waals surface area contributed by atoms with Crippen LogP contribution in [0.15, 0.2) is 46.0 Å². The van der Waals surface area contributed by atoms with Crippen LogP contribution in [-0.2, 0) is 14.1 Å². The third-order valence-corrected chi connectivity index (χ3v) is 3.18. The molecule has 0 amide bonds. The Kier molecular flexibility index (Phi) is 2.71. The molecule has 0 saturated carbocycles. The van der Waals surface area contributed by atoms with E-state index in [1.165, 1.54) is 11.7 Å². The molecule has 0 bridgehead atoms. The zero-order chi connectivity index (χ0) is 14.3. The van der Waals surface area contributed by atoms with E-state index in [0.717, 1.165) is 10.1 Å². The van der Waals surface area contributed by atoms with Crippen LogP contribution in [0.2, 0.25) is 0 Å². The molecule has 6 nitrogen and oxygen atoms in total. The van der Waals surface area contributed by atoms with Gasteiger partial charge in [-0.3, -0.25) is 9.36 Å². The quantitative estimate of drug-likeness (QED) is 0.649. The molecule has 6 heteroatoms. The smallest absolute Gasteiger partial charge is 0.268 e. The molecule has 0 aromatic heterocycles. The number of fused-ring (bicyclic) bond motifs is 1. The molecule has 0 radical (unpaired) electrons. The van der Waals surface area contributed by atoms with Crippen molar-refractivity contribution in [2.24, 2.45) is 14.1 Å². The fourth-order valence-electron chi connectivity index (χ4n) is 2.09. The van der Waals surface area contributed by atoms with Crippen LogP contribution in [0, 0.1) is 0 Å². The van der Waals surface area contributed by atoms with Crippen LogP contribution in [-0.4, -0.2) is 19.3 Å². The van der Waals surface area contributed by atoms with Crippen LogP contribution in [0.25, 0.3) is 22.6 Å². The Hall–Kier alpha value is -2.76. The fourth-order valence-corrected chi connectivity index (χ4v) is 2.09. The number of rotatable bonds is 1. The van der Waals surface area contributed by atoms with Gasteiger partial charge in [0, 0.05) is 19.7 Å². The number of hydrogen-bond acceptors (Lipinski definition) is 4. The number of aryl methyl sites for hydroxylation is 1. The van der Waals surface area contributed by atoms with Crippen molar-refractivity contribution in [1.82, 2.24) is 19.3 Å². The first-order valence-electron chi connectivity index (χ1n) is 6.08. The second-order valence-corrected chi connectivity index (χ2v) is 4.52. The molecule has 0 atom stereocenters. The highest BCUT2D eigenvalue weighted by atomic mass is 16.2. The Morgan fingerprint density at radius 3 is 2.45 bits per heavy atom. The fraction of sp³-hybridized carbons (Fsp3) is 0.143. The summed E-state index contributed by atoms with van der Waals surface area (Å²) in [7, 11) is 3.08. The zero-order valence-corrected chi connectivity index (χ0v) is 11.1. The SMILES string of the molecule is Cn1nc(-c2ccccc2)cc2c(=O)n(C)c(=O)nc1-2. The van der Waals surface area contributed by atoms with Crippen molar-refractivity contribution in [3.05, 3.63) is 57.2 Å². The molecule has 2 aliphatic heterocycles. The predicted octanol–water partition coefficient (Wildman–Crippen LogP) is 0.646. The second-order valence-electron chi connectivity index (χ2n) is 4.52. The molecule has 2 heterocycles. The van der Waals surface area contributed by atoms with Crippen molar-refractivity contribution >= 4 is 0 Å². The molecule has 3 rings (SSSR count). The van der Waals surface area contributed by atoms with Gasteiger partial charge >= 0.3 is 5.69 Å². The summed E-state index contributed by atoms with van der Waals surface area (Å²) in [4.78, 5) is 27.6. The number of hydrogen-bond donors (Lipinski definition) is 0. The van der Waals surface area contributed by atoms with Crippen LogP contribution in [0.5, 0.6) is 0 Å². The first-order valence-corrected chi connectivity index (χ1v) is 6.08. The largest absolute Gasteiger partial charge is 0.352 e. The molecule has 0 saturated heterocycles. The van der Waals surface area contributed by atoms with Crippen molar-refractivity contribution < 1.29 is 0 Å². The lowest BCUT2D eigenvalue weighted by Gasteiger charge is -2.12. The van der Waals surface area contributed by atoms with Crippen LogP contribution in [0.3, 0.4) is 0 Å². The summed E-state index contributed by atoms with van der Waals surface area (Å²) in [6.45, 7) is 0. The Balaban J connectivity index is 2.38. The Bertz CT molecular complexity index is 865. The minimum atomic E-state index is -0.577. The Morgan fingerprint density at radius 2 is 1.75 bits per heavy atom. The third kappa shape index (κ3) is 1.82. The van der Waals surface area contributed by atoms with Gasteiger partial charge in [-0.05, 0) is 6.07 Å². The van der Waals surface area contributed by atoms with E-state index in [2.05, 4.69) is 10.1 Å². The predicted molar refractivity (Wildman–Crippen MR) is 74.6 cm³/mol. The van der Waals surface area contributed by atoms with E-state index in [0.29, 0.717) is 11.3 Å². The third-order valence-electron chi connectivity index (χ3n) is 3.18. The van der Waals surface area contributed by atoms with Crippen LogP contribution in [0.4, 0.5) is 0 Å². The van der Waals surface area contributed by atoms with Crippen molar-refractivity contribution in [2.75, 3.05) is 0 Å². The standard InChI is InChI=1S/C14H12N4O2/c1-17-13(19)10-8-11(9-6-4-3-5-7-9)16-18(2)12(10)15-14(17)20/h3-8H,1-2H3. The van der Waals surface area contributed by atoms with Gasteiger partial charge in [0.25, 0.3) is 5.56 Å². The molecular weight excluding hydrogens is 256 g/mol. The van der Waals surface area contributed by atoms with Crippen LogP contribution < -0.4 is 11.2 Å². The Labute approximate surface area is 114 Å². The molecule has 20 heavy (non-hydrogen) atoms.